The molecule has 132 valence electrons. The van der Waals surface area contributed by atoms with Crippen molar-refractivity contribution in [2.45, 2.75) is 12.8 Å². The molecule has 2 aromatic carbocycles. The highest BCUT2D eigenvalue weighted by Gasteiger charge is 2.18. The normalized spacial score (nSPS) is 14.0. The smallest absolute Gasteiger partial charge is 0.261 e. The molecule has 1 heterocycles. The van der Waals surface area contributed by atoms with E-state index >= 15 is 0 Å². The highest BCUT2D eigenvalue weighted by Crippen LogP contribution is 2.26. The first kappa shape index (κ1) is 17.8. The minimum atomic E-state index is -0.904. The number of nitriles is 1. The molecule has 4 nitrogen and oxygen atoms in total. The van der Waals surface area contributed by atoms with Gasteiger partial charge >= 0.3 is 0 Å². The molecule has 6 heteroatoms. The van der Waals surface area contributed by atoms with Gasteiger partial charge in [-0.05, 0) is 53.9 Å². The lowest BCUT2D eigenvalue weighted by Crippen LogP contribution is -2.24. The number of anilines is 1. The van der Waals surface area contributed by atoms with E-state index in [0.717, 1.165) is 41.8 Å². The number of hydrogen-bond acceptors (Lipinski definition) is 3. The van der Waals surface area contributed by atoms with Crippen molar-refractivity contribution in [3.8, 4) is 6.07 Å². The first-order valence-corrected chi connectivity index (χ1v) is 8.24. The van der Waals surface area contributed by atoms with Crippen LogP contribution < -0.4 is 10.6 Å². The van der Waals surface area contributed by atoms with E-state index in [9.17, 15) is 13.6 Å². The Morgan fingerprint density at radius 3 is 2.50 bits per heavy atom. The molecule has 0 saturated carbocycles. The second-order valence-corrected chi connectivity index (χ2v) is 5.97. The van der Waals surface area contributed by atoms with Crippen molar-refractivity contribution in [3.05, 3.63) is 70.8 Å². The number of rotatable bonds is 4. The van der Waals surface area contributed by atoms with Gasteiger partial charge in [-0.2, -0.15) is 5.26 Å². The van der Waals surface area contributed by atoms with Gasteiger partial charge < -0.3 is 10.6 Å². The second kappa shape index (κ2) is 7.89. The summed E-state index contributed by atoms with van der Waals surface area (Å²) in [5.74, 6) is -2.64. The standard InChI is InChI=1S/C20H17F2N3O/c21-17-2-1-3-18(22)19(17)20(26)25-15-6-4-13(5-7-15)16-12-24-11-9-14(16)8-10-23/h1-7,24H,8-9,11-12H2,(H,25,26). The molecular weight excluding hydrogens is 336 g/mol. The Balaban J connectivity index is 1.80. The van der Waals surface area contributed by atoms with Crippen LogP contribution in [0.4, 0.5) is 14.5 Å². The van der Waals surface area contributed by atoms with Crippen molar-refractivity contribution < 1.29 is 13.6 Å². The van der Waals surface area contributed by atoms with Gasteiger partial charge in [0.05, 0.1) is 12.5 Å². The van der Waals surface area contributed by atoms with Crippen molar-refractivity contribution in [2.24, 2.45) is 0 Å². The van der Waals surface area contributed by atoms with Crippen LogP contribution in [0.5, 0.6) is 0 Å². The number of benzene rings is 2. The van der Waals surface area contributed by atoms with Gasteiger partial charge in [-0.1, -0.05) is 18.2 Å². The molecule has 0 aromatic heterocycles. The van der Waals surface area contributed by atoms with Gasteiger partial charge in [0.1, 0.15) is 17.2 Å². The van der Waals surface area contributed by atoms with E-state index in [1.54, 1.807) is 12.1 Å². The van der Waals surface area contributed by atoms with E-state index in [0.29, 0.717) is 18.7 Å². The highest BCUT2D eigenvalue weighted by atomic mass is 19.1. The number of carbonyl (C=O) groups is 1. The average molecular weight is 353 g/mol. The Kier molecular flexibility index (Phi) is 5.40. The van der Waals surface area contributed by atoms with Crippen LogP contribution in [-0.4, -0.2) is 19.0 Å². The number of nitrogens with one attached hydrogen (secondary N) is 2. The number of hydrogen-bond donors (Lipinski definition) is 2. The summed E-state index contributed by atoms with van der Waals surface area (Å²) in [5, 5.41) is 14.8. The molecule has 0 radical (unpaired) electrons. The maximum atomic E-state index is 13.7. The van der Waals surface area contributed by atoms with Gasteiger partial charge in [-0.15, -0.1) is 0 Å². The van der Waals surface area contributed by atoms with Crippen molar-refractivity contribution >= 4 is 17.2 Å². The Labute approximate surface area is 150 Å². The molecule has 0 atom stereocenters. The third-order valence-corrected chi connectivity index (χ3v) is 4.31. The highest BCUT2D eigenvalue weighted by molar-refractivity contribution is 6.04. The molecule has 0 aliphatic carbocycles. The molecule has 3 rings (SSSR count). The Hall–Kier alpha value is -3.04. The molecule has 1 amide bonds. The molecule has 0 spiro atoms. The lowest BCUT2D eigenvalue weighted by Gasteiger charge is -2.20. The maximum absolute atomic E-state index is 13.7. The average Bonchev–Trinajstić information content (AvgIpc) is 2.63. The third kappa shape index (κ3) is 3.79. The van der Waals surface area contributed by atoms with Crippen LogP contribution in [0, 0.1) is 23.0 Å². The largest absolute Gasteiger partial charge is 0.322 e. The monoisotopic (exact) mass is 353 g/mol. The van der Waals surface area contributed by atoms with Crippen LogP contribution in [0.25, 0.3) is 5.57 Å². The molecule has 0 fully saturated rings. The van der Waals surface area contributed by atoms with Crippen LogP contribution in [0.15, 0.2) is 48.0 Å². The predicted octanol–water partition coefficient (Wildman–Crippen LogP) is 3.88. The molecule has 0 unspecified atom stereocenters. The summed E-state index contributed by atoms with van der Waals surface area (Å²) in [6, 6.07) is 12.5. The summed E-state index contributed by atoms with van der Waals surface area (Å²) in [6.45, 7) is 1.53. The molecule has 2 aromatic rings. The zero-order valence-electron chi connectivity index (χ0n) is 14.0. The van der Waals surface area contributed by atoms with Gasteiger partial charge in [-0.25, -0.2) is 8.78 Å². The molecule has 1 aliphatic rings. The lowest BCUT2D eigenvalue weighted by atomic mass is 9.93. The van der Waals surface area contributed by atoms with Gasteiger partial charge in [-0.3, -0.25) is 4.79 Å². The fraction of sp³-hybridized carbons (Fsp3) is 0.200. The van der Waals surface area contributed by atoms with Crippen molar-refractivity contribution in [3.63, 3.8) is 0 Å². The first-order chi connectivity index (χ1) is 12.6. The zero-order chi connectivity index (χ0) is 18.5. The maximum Gasteiger partial charge on any atom is 0.261 e. The van der Waals surface area contributed by atoms with E-state index < -0.39 is 23.1 Å². The van der Waals surface area contributed by atoms with Crippen LogP contribution in [0.3, 0.4) is 0 Å². The minimum absolute atomic E-state index is 0.391. The Morgan fingerprint density at radius 1 is 1.15 bits per heavy atom. The van der Waals surface area contributed by atoms with Crippen LogP contribution in [0.2, 0.25) is 0 Å². The molecule has 1 aliphatic heterocycles. The molecule has 0 saturated heterocycles. The molecule has 26 heavy (non-hydrogen) atoms. The number of carbonyl (C=O) groups excluding carboxylic acids is 1. The third-order valence-electron chi connectivity index (χ3n) is 4.31. The summed E-state index contributed by atoms with van der Waals surface area (Å²) in [5.41, 5.74) is 2.98. The predicted molar refractivity (Wildman–Crippen MR) is 95.4 cm³/mol. The number of nitrogens with zero attached hydrogens (tertiary/aromatic N) is 1. The van der Waals surface area contributed by atoms with E-state index in [2.05, 4.69) is 16.7 Å². The molecular formula is C20H17F2N3O. The molecule has 2 N–H and O–H groups in total. The Morgan fingerprint density at radius 2 is 1.85 bits per heavy atom. The second-order valence-electron chi connectivity index (χ2n) is 5.97. The van der Waals surface area contributed by atoms with E-state index in [4.69, 9.17) is 5.26 Å². The number of halogens is 2. The Bertz CT molecular complexity index is 878. The van der Waals surface area contributed by atoms with Crippen molar-refractivity contribution in [1.82, 2.24) is 5.32 Å². The summed E-state index contributed by atoms with van der Waals surface area (Å²) < 4.78 is 27.4. The fourth-order valence-corrected chi connectivity index (χ4v) is 2.99. The van der Waals surface area contributed by atoms with E-state index in [-0.39, 0.29) is 0 Å². The molecule has 0 bridgehead atoms. The summed E-state index contributed by atoms with van der Waals surface area (Å²) in [4.78, 5) is 12.1. The summed E-state index contributed by atoms with van der Waals surface area (Å²) >= 11 is 0. The van der Waals surface area contributed by atoms with Crippen molar-refractivity contribution in [2.75, 3.05) is 18.4 Å². The van der Waals surface area contributed by atoms with Crippen LogP contribution in [-0.2, 0) is 0 Å². The first-order valence-electron chi connectivity index (χ1n) is 8.24. The SMILES string of the molecule is N#CCC1=C(c2ccc(NC(=O)c3c(F)cccc3F)cc2)CNCC1. The van der Waals surface area contributed by atoms with Gasteiger partial charge in [0, 0.05) is 12.2 Å². The van der Waals surface area contributed by atoms with Gasteiger partial charge in [0.2, 0.25) is 0 Å². The van der Waals surface area contributed by atoms with Gasteiger partial charge in [0.15, 0.2) is 0 Å². The van der Waals surface area contributed by atoms with E-state index in [1.165, 1.54) is 6.07 Å². The van der Waals surface area contributed by atoms with Crippen LogP contribution in [0.1, 0.15) is 28.8 Å². The van der Waals surface area contributed by atoms with E-state index in [1.807, 2.05) is 12.1 Å². The lowest BCUT2D eigenvalue weighted by molar-refractivity contribution is 0.101. The summed E-state index contributed by atoms with van der Waals surface area (Å²) in [7, 11) is 0. The van der Waals surface area contributed by atoms with Crippen molar-refractivity contribution in [1.29, 1.82) is 5.26 Å². The zero-order valence-corrected chi connectivity index (χ0v) is 14.0. The number of amides is 1. The fourth-order valence-electron chi connectivity index (χ4n) is 2.99. The minimum Gasteiger partial charge on any atom is -0.322 e. The van der Waals surface area contributed by atoms with Crippen LogP contribution >= 0.6 is 0 Å². The van der Waals surface area contributed by atoms with Gasteiger partial charge in [0.25, 0.3) is 5.91 Å². The topological polar surface area (TPSA) is 64.9 Å². The summed E-state index contributed by atoms with van der Waals surface area (Å²) in [6.07, 6.45) is 1.22. The quantitative estimate of drug-likeness (QED) is 0.877.